The van der Waals surface area contributed by atoms with Gasteiger partial charge in [-0.1, -0.05) is 37.0 Å². The summed E-state index contributed by atoms with van der Waals surface area (Å²) in [4.78, 5) is 13.0. The summed E-state index contributed by atoms with van der Waals surface area (Å²) in [6.07, 6.45) is 1.62. The Morgan fingerprint density at radius 1 is 1.15 bits per heavy atom. The Balaban J connectivity index is 2.07. The molecule has 0 saturated carbocycles. The summed E-state index contributed by atoms with van der Waals surface area (Å²) in [6.45, 7) is 3.90. The molecule has 0 fully saturated rings. The topological polar surface area (TPSA) is 62.1 Å². The second-order valence-corrected chi connectivity index (χ2v) is 7.15. The summed E-state index contributed by atoms with van der Waals surface area (Å²) in [6, 6.07) is 9.72. The predicted molar refractivity (Wildman–Crippen MR) is 109 cm³/mol. The van der Waals surface area contributed by atoms with E-state index in [1.165, 1.54) is 18.2 Å². The van der Waals surface area contributed by atoms with Crippen LogP contribution < -0.4 is 9.75 Å². The van der Waals surface area contributed by atoms with Gasteiger partial charge in [-0.2, -0.15) is 10.1 Å². The van der Waals surface area contributed by atoms with Crippen LogP contribution in [0.1, 0.15) is 19.4 Å². The van der Waals surface area contributed by atoms with Crippen molar-refractivity contribution in [3.05, 3.63) is 57.6 Å². The highest BCUT2D eigenvalue weighted by molar-refractivity contribution is 6.42. The third kappa shape index (κ3) is 3.80. The first-order chi connectivity index (χ1) is 12.8. The molecule has 1 amide bonds. The second-order valence-electron chi connectivity index (χ2n) is 6.34. The van der Waals surface area contributed by atoms with E-state index in [0.29, 0.717) is 38.3 Å². The van der Waals surface area contributed by atoms with Crippen molar-refractivity contribution >= 4 is 46.6 Å². The van der Waals surface area contributed by atoms with Crippen LogP contribution in [0.5, 0.6) is 11.5 Å². The zero-order valence-corrected chi connectivity index (χ0v) is 16.5. The van der Waals surface area contributed by atoms with Gasteiger partial charge in [0.1, 0.15) is 11.5 Å². The number of ether oxygens (including phenoxy) is 1. The van der Waals surface area contributed by atoms with E-state index in [2.05, 4.69) is 5.10 Å². The van der Waals surface area contributed by atoms with Crippen molar-refractivity contribution in [1.82, 2.24) is 0 Å². The van der Waals surface area contributed by atoms with Crippen LogP contribution in [0, 0.1) is 5.92 Å². The van der Waals surface area contributed by atoms with Gasteiger partial charge in [0.15, 0.2) is 0 Å². The molecule has 1 heterocycles. The van der Waals surface area contributed by atoms with E-state index in [4.69, 9.17) is 27.9 Å². The summed E-state index contributed by atoms with van der Waals surface area (Å²) < 4.78 is 5.20. The van der Waals surface area contributed by atoms with Crippen molar-refractivity contribution in [2.45, 2.75) is 13.8 Å². The maximum atomic E-state index is 13.0. The number of aromatic hydroxyl groups is 1. The van der Waals surface area contributed by atoms with Gasteiger partial charge in [-0.05, 0) is 48.4 Å². The fourth-order valence-electron chi connectivity index (χ4n) is 2.72. The summed E-state index contributed by atoms with van der Waals surface area (Å²) in [7, 11) is 1.54. The Labute approximate surface area is 167 Å². The third-order valence-electron chi connectivity index (χ3n) is 4.14. The molecule has 0 bridgehead atoms. The van der Waals surface area contributed by atoms with E-state index in [0.717, 1.165) is 0 Å². The normalized spacial score (nSPS) is 15.6. The highest BCUT2D eigenvalue weighted by Gasteiger charge is 2.33. The van der Waals surface area contributed by atoms with Gasteiger partial charge in [-0.3, -0.25) is 4.79 Å². The van der Waals surface area contributed by atoms with Crippen LogP contribution in [-0.4, -0.2) is 23.8 Å². The Hall–Kier alpha value is -2.50. The molecule has 2 aromatic rings. The van der Waals surface area contributed by atoms with E-state index in [1.54, 1.807) is 36.4 Å². The maximum absolute atomic E-state index is 13.0. The smallest absolute Gasteiger partial charge is 0.280 e. The number of hydrazone groups is 1. The van der Waals surface area contributed by atoms with Crippen molar-refractivity contribution < 1.29 is 14.6 Å². The van der Waals surface area contributed by atoms with Crippen LogP contribution in [0.15, 0.2) is 47.1 Å². The lowest BCUT2D eigenvalue weighted by atomic mass is 9.98. The number of methoxy groups -OCH3 is 1. The second kappa shape index (κ2) is 7.62. The zero-order valence-electron chi connectivity index (χ0n) is 15.0. The molecule has 0 spiro atoms. The standard InChI is InChI=1S/C20H18Cl2N2O3/c1-11(2)19-15(9-12-8-14(27-3)5-7-18(12)25)20(26)24(23-19)13-4-6-16(21)17(22)10-13/h4-11,25H,1-3H3/b15-9+. The Morgan fingerprint density at radius 3 is 2.52 bits per heavy atom. The average molecular weight is 405 g/mol. The molecule has 1 aliphatic rings. The van der Waals surface area contributed by atoms with Crippen LogP contribution in [0.25, 0.3) is 6.08 Å². The van der Waals surface area contributed by atoms with Gasteiger partial charge in [-0.25, -0.2) is 0 Å². The quantitative estimate of drug-likeness (QED) is 0.716. The number of carbonyl (C=O) groups excluding carboxylic acids is 1. The van der Waals surface area contributed by atoms with Crippen molar-refractivity contribution in [1.29, 1.82) is 0 Å². The third-order valence-corrected chi connectivity index (χ3v) is 4.87. The molecule has 0 atom stereocenters. The molecule has 140 valence electrons. The summed E-state index contributed by atoms with van der Waals surface area (Å²) in [5, 5.41) is 16.7. The first kappa shape index (κ1) is 19.3. The van der Waals surface area contributed by atoms with Crippen LogP contribution >= 0.6 is 23.2 Å². The number of benzene rings is 2. The van der Waals surface area contributed by atoms with Gasteiger partial charge in [0, 0.05) is 5.56 Å². The molecule has 0 unspecified atom stereocenters. The highest BCUT2D eigenvalue weighted by atomic mass is 35.5. The number of amides is 1. The van der Waals surface area contributed by atoms with E-state index in [1.807, 2.05) is 13.8 Å². The van der Waals surface area contributed by atoms with Gasteiger partial charge in [0.25, 0.3) is 5.91 Å². The zero-order chi connectivity index (χ0) is 19.7. The number of hydrogen-bond donors (Lipinski definition) is 1. The number of nitrogens with zero attached hydrogens (tertiary/aromatic N) is 2. The first-order valence-corrected chi connectivity index (χ1v) is 9.04. The summed E-state index contributed by atoms with van der Waals surface area (Å²) in [5.41, 5.74) is 2.01. The minimum atomic E-state index is -0.306. The van der Waals surface area contributed by atoms with Crippen LogP contribution in [0.2, 0.25) is 10.0 Å². The van der Waals surface area contributed by atoms with E-state index in [9.17, 15) is 9.90 Å². The number of hydrogen-bond acceptors (Lipinski definition) is 4. The molecule has 5 nitrogen and oxygen atoms in total. The van der Waals surface area contributed by atoms with Crippen LogP contribution in [-0.2, 0) is 4.79 Å². The SMILES string of the molecule is COc1ccc(O)c(/C=C2/C(=O)N(c3ccc(Cl)c(Cl)c3)N=C2C(C)C)c1. The van der Waals surface area contributed by atoms with Crippen molar-refractivity contribution in [2.75, 3.05) is 12.1 Å². The van der Waals surface area contributed by atoms with E-state index < -0.39 is 0 Å². The lowest BCUT2D eigenvalue weighted by Crippen LogP contribution is -2.21. The number of anilines is 1. The molecule has 27 heavy (non-hydrogen) atoms. The molecule has 0 aromatic heterocycles. The summed E-state index contributed by atoms with van der Waals surface area (Å²) in [5.74, 6) is 0.321. The molecule has 0 saturated heterocycles. The minimum absolute atomic E-state index is 0.000669. The number of phenolic OH excluding ortho intramolecular Hbond substituents is 1. The molecule has 7 heteroatoms. The van der Waals surface area contributed by atoms with Crippen molar-refractivity contribution in [3.63, 3.8) is 0 Å². The molecular formula is C20H18Cl2N2O3. The fraction of sp³-hybridized carbons (Fsp3) is 0.200. The van der Waals surface area contributed by atoms with Gasteiger partial charge in [0.2, 0.25) is 0 Å². The number of carbonyl (C=O) groups is 1. The molecule has 1 N–H and O–H groups in total. The number of phenols is 1. The minimum Gasteiger partial charge on any atom is -0.507 e. The lowest BCUT2D eigenvalue weighted by Gasteiger charge is -2.12. The highest BCUT2D eigenvalue weighted by Crippen LogP contribution is 2.33. The number of rotatable bonds is 4. The molecule has 0 radical (unpaired) electrons. The molecule has 3 rings (SSSR count). The summed E-state index contributed by atoms with van der Waals surface area (Å²) >= 11 is 12.0. The maximum Gasteiger partial charge on any atom is 0.280 e. The monoisotopic (exact) mass is 404 g/mol. The average Bonchev–Trinajstić information content (AvgIpc) is 2.96. The molecule has 1 aliphatic heterocycles. The predicted octanol–water partition coefficient (Wildman–Crippen LogP) is 5.15. The van der Waals surface area contributed by atoms with Crippen molar-refractivity contribution in [2.24, 2.45) is 11.0 Å². The lowest BCUT2D eigenvalue weighted by molar-refractivity contribution is -0.114. The Morgan fingerprint density at radius 2 is 1.89 bits per heavy atom. The van der Waals surface area contributed by atoms with Gasteiger partial charge < -0.3 is 9.84 Å². The molecule has 0 aliphatic carbocycles. The first-order valence-electron chi connectivity index (χ1n) is 8.29. The van der Waals surface area contributed by atoms with E-state index in [-0.39, 0.29) is 17.6 Å². The van der Waals surface area contributed by atoms with Crippen LogP contribution in [0.4, 0.5) is 5.69 Å². The Kier molecular flexibility index (Phi) is 5.44. The Bertz CT molecular complexity index is 968. The molecule has 2 aromatic carbocycles. The van der Waals surface area contributed by atoms with Gasteiger partial charge >= 0.3 is 0 Å². The van der Waals surface area contributed by atoms with E-state index >= 15 is 0 Å². The largest absolute Gasteiger partial charge is 0.507 e. The van der Waals surface area contributed by atoms with Gasteiger partial charge in [0.05, 0.1) is 34.1 Å². The van der Waals surface area contributed by atoms with Gasteiger partial charge in [-0.15, -0.1) is 0 Å². The van der Waals surface area contributed by atoms with Crippen LogP contribution in [0.3, 0.4) is 0 Å². The number of halogens is 2. The molecular weight excluding hydrogens is 387 g/mol. The van der Waals surface area contributed by atoms with Crippen molar-refractivity contribution in [3.8, 4) is 11.5 Å². The fourth-order valence-corrected chi connectivity index (χ4v) is 3.01.